The number of hydrogen-bond acceptors (Lipinski definition) is 2. The molecule has 0 spiro atoms. The van der Waals surface area contributed by atoms with E-state index >= 15 is 4.57 Å². The van der Waals surface area contributed by atoms with Crippen LogP contribution in [-0.2, 0) is 4.57 Å². The van der Waals surface area contributed by atoms with E-state index in [1.807, 2.05) is 60.7 Å². The minimum atomic E-state index is -3.25. The predicted octanol–water partition coefficient (Wildman–Crippen LogP) is 16.4. The van der Waals surface area contributed by atoms with Crippen LogP contribution < -0.4 is 15.9 Å². The van der Waals surface area contributed by atoms with Gasteiger partial charge in [-0.15, -0.1) is 0 Å². The molecule has 14 rings (SSSR count). The number of aromatic nitrogens is 2. The summed E-state index contributed by atoms with van der Waals surface area (Å²) in [6, 6.07) is 91.5. The number of benzene rings is 11. The lowest BCUT2D eigenvalue weighted by atomic mass is 9.96. The molecule has 0 atom stereocenters. The van der Waals surface area contributed by atoms with E-state index in [4.69, 9.17) is 4.42 Å². The monoisotopic (exact) mass is 926 g/mol. The van der Waals surface area contributed by atoms with Gasteiger partial charge in [-0.2, -0.15) is 0 Å². The second kappa shape index (κ2) is 16.3. The van der Waals surface area contributed by atoms with Crippen molar-refractivity contribution in [2.75, 3.05) is 0 Å². The summed E-state index contributed by atoms with van der Waals surface area (Å²) >= 11 is 0. The maximum Gasteiger partial charge on any atom is 0.171 e. The molecule has 3 aromatic heterocycles. The predicted molar refractivity (Wildman–Crippen MR) is 298 cm³/mol. The molecule has 0 fully saturated rings. The first-order valence-corrected chi connectivity index (χ1v) is 25.8. The molecule has 5 heteroatoms. The Morgan fingerprint density at radius 2 is 0.761 bits per heavy atom. The SMILES string of the molecule is O=P(c1ccccc1)(c1ccccc1)c1ccc2c(c1)c1ccccc1n2-c1cc(-n2c3ccccc3c3ccccc32)c2oc3ccc(-c4cccc(-c5ccc(-c6ccccc6)cc5)c4)cc3c2c1. The van der Waals surface area contributed by atoms with Crippen molar-refractivity contribution in [2.45, 2.75) is 0 Å². The average Bonchev–Trinajstić information content (AvgIpc) is 4.11. The molecule has 0 radical (unpaired) electrons. The van der Waals surface area contributed by atoms with Crippen LogP contribution >= 0.6 is 7.14 Å². The maximum atomic E-state index is 15.8. The fraction of sp³-hybridized carbons (Fsp3) is 0. The van der Waals surface area contributed by atoms with E-state index in [0.717, 1.165) is 98.8 Å². The standard InChI is InChI=1S/C66H43N2O2P/c69-71(51-21-6-2-7-22-51,52-23-8-3-9-24-52)53-36-37-63-57(43-53)56-27-12-13-28-60(56)67(63)50-41-59-58-40-49(48-20-16-19-47(39-48)46-33-31-45(32-34-46)44-17-4-1-5-18-44)35-38-65(58)70-66(59)64(42-50)68-61-29-14-10-25-54(61)55-26-11-15-30-62(55)68/h1-43H. The minimum Gasteiger partial charge on any atom is -0.454 e. The topological polar surface area (TPSA) is 40.1 Å². The molecule has 334 valence electrons. The van der Waals surface area contributed by atoms with Crippen molar-refractivity contribution in [1.82, 2.24) is 9.13 Å². The highest BCUT2D eigenvalue weighted by atomic mass is 31.2. The van der Waals surface area contributed by atoms with Crippen molar-refractivity contribution >= 4 is 88.6 Å². The van der Waals surface area contributed by atoms with Gasteiger partial charge in [-0.3, -0.25) is 0 Å². The largest absolute Gasteiger partial charge is 0.454 e. The molecule has 0 aliphatic rings. The van der Waals surface area contributed by atoms with E-state index in [-0.39, 0.29) is 0 Å². The summed E-state index contributed by atoms with van der Waals surface area (Å²) in [4.78, 5) is 0. The van der Waals surface area contributed by atoms with E-state index in [1.54, 1.807) is 0 Å². The van der Waals surface area contributed by atoms with Crippen molar-refractivity contribution in [2.24, 2.45) is 0 Å². The van der Waals surface area contributed by atoms with Gasteiger partial charge in [0.15, 0.2) is 12.7 Å². The van der Waals surface area contributed by atoms with Gasteiger partial charge in [0.2, 0.25) is 0 Å². The van der Waals surface area contributed by atoms with Gasteiger partial charge in [-0.05, 0) is 100 Å². The van der Waals surface area contributed by atoms with Crippen molar-refractivity contribution in [1.29, 1.82) is 0 Å². The number of nitrogens with zero attached hydrogens (tertiary/aromatic N) is 2. The first kappa shape index (κ1) is 41.1. The molecular weight excluding hydrogens is 884 g/mol. The van der Waals surface area contributed by atoms with Crippen LogP contribution in [0, 0.1) is 0 Å². The highest BCUT2D eigenvalue weighted by Crippen LogP contribution is 2.46. The molecular formula is C66H43N2O2P. The number of rotatable bonds is 8. The van der Waals surface area contributed by atoms with Crippen LogP contribution in [0.1, 0.15) is 0 Å². The van der Waals surface area contributed by atoms with Gasteiger partial charge in [0.05, 0.1) is 27.8 Å². The van der Waals surface area contributed by atoms with Gasteiger partial charge in [0.25, 0.3) is 0 Å². The summed E-state index contributed by atoms with van der Waals surface area (Å²) < 4.78 is 27.6. The Labute approximate surface area is 410 Å². The zero-order valence-corrected chi connectivity index (χ0v) is 39.4. The van der Waals surface area contributed by atoms with Crippen LogP contribution in [0.2, 0.25) is 0 Å². The van der Waals surface area contributed by atoms with Crippen LogP contribution in [-0.4, -0.2) is 9.13 Å². The Balaban J connectivity index is 0.991. The van der Waals surface area contributed by atoms with E-state index in [2.05, 4.69) is 209 Å². The zero-order chi connectivity index (χ0) is 47.0. The number of hydrogen-bond donors (Lipinski definition) is 0. The van der Waals surface area contributed by atoms with Crippen LogP contribution in [0.25, 0.3) is 110 Å². The van der Waals surface area contributed by atoms with Crippen LogP contribution in [0.4, 0.5) is 0 Å². The molecule has 0 N–H and O–H groups in total. The Bertz CT molecular complexity index is 4320. The average molecular weight is 927 g/mol. The van der Waals surface area contributed by atoms with Gasteiger partial charge in [-0.25, -0.2) is 0 Å². The number of fused-ring (bicyclic) bond motifs is 9. The van der Waals surface area contributed by atoms with Crippen LogP contribution in [0.5, 0.6) is 0 Å². The molecule has 0 bridgehead atoms. The van der Waals surface area contributed by atoms with Crippen molar-refractivity contribution in [3.63, 3.8) is 0 Å². The first-order valence-electron chi connectivity index (χ1n) is 24.1. The molecule has 71 heavy (non-hydrogen) atoms. The third-order valence-electron chi connectivity index (χ3n) is 14.4. The van der Waals surface area contributed by atoms with E-state index in [0.29, 0.717) is 0 Å². The minimum absolute atomic E-state index is 0.799. The molecule has 3 heterocycles. The second-order valence-corrected chi connectivity index (χ2v) is 21.2. The number of furan rings is 1. The first-order chi connectivity index (χ1) is 35.1. The molecule has 0 unspecified atom stereocenters. The third-order valence-corrected chi connectivity index (χ3v) is 17.5. The highest BCUT2D eigenvalue weighted by molar-refractivity contribution is 7.85. The molecule has 11 aromatic carbocycles. The molecule has 0 amide bonds. The lowest BCUT2D eigenvalue weighted by Crippen LogP contribution is -2.24. The van der Waals surface area contributed by atoms with E-state index in [1.165, 1.54) is 27.5 Å². The van der Waals surface area contributed by atoms with Crippen molar-refractivity contribution in [3.8, 4) is 44.8 Å². The zero-order valence-electron chi connectivity index (χ0n) is 38.5. The summed E-state index contributed by atoms with van der Waals surface area (Å²) in [5.74, 6) is 0. The molecule has 14 aromatic rings. The Kier molecular flexibility index (Phi) is 9.45. The Morgan fingerprint density at radius 3 is 1.39 bits per heavy atom. The summed E-state index contributed by atoms with van der Waals surface area (Å²) in [7, 11) is -3.25. The number of para-hydroxylation sites is 3. The maximum absolute atomic E-state index is 15.8. The summed E-state index contributed by atoms with van der Waals surface area (Å²) in [6.07, 6.45) is 0. The molecule has 0 saturated carbocycles. The molecule has 4 nitrogen and oxygen atoms in total. The fourth-order valence-corrected chi connectivity index (χ4v) is 13.7. The van der Waals surface area contributed by atoms with Gasteiger partial charge in [0, 0.05) is 53.9 Å². The van der Waals surface area contributed by atoms with Gasteiger partial charge < -0.3 is 18.1 Å². The van der Waals surface area contributed by atoms with Gasteiger partial charge >= 0.3 is 0 Å². The summed E-state index contributed by atoms with van der Waals surface area (Å²) in [5, 5.41) is 8.96. The lowest BCUT2D eigenvalue weighted by Gasteiger charge is -2.20. The quantitative estimate of drug-likeness (QED) is 0.142. The van der Waals surface area contributed by atoms with Gasteiger partial charge in [-0.1, -0.05) is 194 Å². The molecule has 0 saturated heterocycles. The molecule has 0 aliphatic heterocycles. The van der Waals surface area contributed by atoms with Crippen molar-refractivity contribution < 1.29 is 8.98 Å². The third kappa shape index (κ3) is 6.57. The second-order valence-electron chi connectivity index (χ2n) is 18.4. The van der Waals surface area contributed by atoms with E-state index in [9.17, 15) is 0 Å². The Morgan fingerprint density at radius 1 is 0.296 bits per heavy atom. The highest BCUT2D eigenvalue weighted by Gasteiger charge is 2.31. The van der Waals surface area contributed by atoms with Crippen LogP contribution in [0.15, 0.2) is 265 Å². The Hall–Kier alpha value is -8.95. The lowest BCUT2D eigenvalue weighted by molar-refractivity contribution is 0.592. The fourth-order valence-electron chi connectivity index (χ4n) is 11.0. The van der Waals surface area contributed by atoms with E-state index < -0.39 is 7.14 Å². The van der Waals surface area contributed by atoms with Crippen LogP contribution in [0.3, 0.4) is 0 Å². The molecule has 0 aliphatic carbocycles. The van der Waals surface area contributed by atoms with Crippen molar-refractivity contribution in [3.05, 3.63) is 261 Å². The normalized spacial score (nSPS) is 12.0. The van der Waals surface area contributed by atoms with Gasteiger partial charge in [0.1, 0.15) is 5.58 Å². The smallest absolute Gasteiger partial charge is 0.171 e. The summed E-state index contributed by atoms with van der Waals surface area (Å²) in [6.45, 7) is 0. The summed E-state index contributed by atoms with van der Waals surface area (Å²) in [5.41, 5.74) is 14.9.